The summed E-state index contributed by atoms with van der Waals surface area (Å²) in [7, 11) is 1.85. The normalized spacial score (nSPS) is 10.4. The maximum Gasteiger partial charge on any atom is 0.232 e. The van der Waals surface area contributed by atoms with Gasteiger partial charge in [-0.25, -0.2) is 0 Å². The Bertz CT molecular complexity index is 356. The van der Waals surface area contributed by atoms with E-state index >= 15 is 0 Å². The fourth-order valence-electron chi connectivity index (χ4n) is 1.70. The van der Waals surface area contributed by atoms with Crippen molar-refractivity contribution in [3.05, 3.63) is 35.9 Å². The third kappa shape index (κ3) is 7.23. The molecule has 0 atom stereocenters. The van der Waals surface area contributed by atoms with Crippen molar-refractivity contribution < 1.29 is 9.90 Å². The lowest BCUT2D eigenvalue weighted by Crippen LogP contribution is -2.29. The molecule has 0 heterocycles. The molecule has 0 saturated carbocycles. The van der Waals surface area contributed by atoms with Gasteiger partial charge in [-0.1, -0.05) is 30.3 Å². The molecule has 1 N–H and O–H groups in total. The minimum absolute atomic E-state index is 0.185. The zero-order valence-electron chi connectivity index (χ0n) is 11.5. The van der Waals surface area contributed by atoms with Gasteiger partial charge in [0, 0.05) is 26.0 Å². The van der Waals surface area contributed by atoms with E-state index in [1.807, 2.05) is 25.2 Å². The van der Waals surface area contributed by atoms with Crippen LogP contribution < -0.4 is 0 Å². The molecule has 0 aliphatic carbocycles. The summed E-state index contributed by atoms with van der Waals surface area (Å²) in [5.41, 5.74) is 1.26. The molecule has 0 aliphatic heterocycles. The van der Waals surface area contributed by atoms with E-state index in [9.17, 15) is 4.79 Å². The zero-order valence-corrected chi connectivity index (χ0v) is 12.4. The fraction of sp³-hybridized carbons (Fsp3) is 0.533. The molecule has 1 aromatic carbocycles. The summed E-state index contributed by atoms with van der Waals surface area (Å²) in [5, 5.41) is 8.68. The lowest BCUT2D eigenvalue weighted by molar-refractivity contribution is -0.127. The van der Waals surface area contributed by atoms with E-state index in [1.54, 1.807) is 16.7 Å². The van der Waals surface area contributed by atoms with E-state index in [1.165, 1.54) is 5.56 Å². The summed E-state index contributed by atoms with van der Waals surface area (Å²) in [5.74, 6) is 1.60. The molecule has 4 heteroatoms. The van der Waals surface area contributed by atoms with Crippen LogP contribution in [0.5, 0.6) is 0 Å². The number of aliphatic hydroxyl groups is 1. The highest BCUT2D eigenvalue weighted by Crippen LogP contribution is 2.12. The number of hydrogen-bond acceptors (Lipinski definition) is 3. The molecule has 1 amide bonds. The Morgan fingerprint density at radius 2 is 1.95 bits per heavy atom. The molecule has 0 aromatic heterocycles. The average Bonchev–Trinajstić information content (AvgIpc) is 2.44. The maximum absolute atomic E-state index is 11.9. The second kappa shape index (κ2) is 9.87. The monoisotopic (exact) mass is 281 g/mol. The van der Waals surface area contributed by atoms with Crippen LogP contribution in [-0.4, -0.2) is 41.9 Å². The Morgan fingerprint density at radius 1 is 1.21 bits per heavy atom. The van der Waals surface area contributed by atoms with Crippen LogP contribution in [0.2, 0.25) is 0 Å². The van der Waals surface area contributed by atoms with E-state index in [0.29, 0.717) is 5.75 Å². The van der Waals surface area contributed by atoms with Crippen molar-refractivity contribution in [3.8, 4) is 0 Å². The van der Waals surface area contributed by atoms with Crippen LogP contribution in [0.1, 0.15) is 24.8 Å². The summed E-state index contributed by atoms with van der Waals surface area (Å²) in [4.78, 5) is 13.6. The van der Waals surface area contributed by atoms with Gasteiger partial charge in [-0.05, 0) is 24.8 Å². The second-order valence-electron chi connectivity index (χ2n) is 4.58. The lowest BCUT2D eigenvalue weighted by Gasteiger charge is -2.16. The molecule has 1 rings (SSSR count). The van der Waals surface area contributed by atoms with E-state index in [0.717, 1.165) is 31.6 Å². The van der Waals surface area contributed by atoms with Gasteiger partial charge in [0.1, 0.15) is 0 Å². The number of benzene rings is 1. The molecule has 1 aromatic rings. The number of thioether (sulfide) groups is 1. The number of unbranched alkanes of at least 4 members (excludes halogenated alkanes) is 2. The molecule has 19 heavy (non-hydrogen) atoms. The molecule has 3 nitrogen and oxygen atoms in total. The van der Waals surface area contributed by atoms with Crippen LogP contribution >= 0.6 is 11.8 Å². The fourth-order valence-corrected chi connectivity index (χ4v) is 2.63. The van der Waals surface area contributed by atoms with Crippen molar-refractivity contribution in [1.29, 1.82) is 0 Å². The average molecular weight is 281 g/mol. The molecule has 0 bridgehead atoms. The minimum Gasteiger partial charge on any atom is -0.396 e. The SMILES string of the molecule is CN(CCCCCO)C(=O)CSCc1ccccc1. The Labute approximate surface area is 120 Å². The second-order valence-corrected chi connectivity index (χ2v) is 5.56. The number of aliphatic hydroxyl groups excluding tert-OH is 1. The molecule has 0 radical (unpaired) electrons. The van der Waals surface area contributed by atoms with Gasteiger partial charge in [-0.3, -0.25) is 4.79 Å². The summed E-state index contributed by atoms with van der Waals surface area (Å²) < 4.78 is 0. The Kier molecular flexibility index (Phi) is 8.34. The topological polar surface area (TPSA) is 40.5 Å². The van der Waals surface area contributed by atoms with Gasteiger partial charge in [0.15, 0.2) is 0 Å². The highest BCUT2D eigenvalue weighted by atomic mass is 32.2. The quantitative estimate of drug-likeness (QED) is 0.707. The van der Waals surface area contributed by atoms with Crippen LogP contribution in [0.4, 0.5) is 0 Å². The highest BCUT2D eigenvalue weighted by molar-refractivity contribution is 7.99. The molecular formula is C15H23NO2S. The third-order valence-corrected chi connectivity index (χ3v) is 3.90. The van der Waals surface area contributed by atoms with Gasteiger partial charge in [0.25, 0.3) is 0 Å². The number of nitrogens with zero attached hydrogens (tertiary/aromatic N) is 1. The number of carbonyl (C=O) groups excluding carboxylic acids is 1. The van der Waals surface area contributed by atoms with E-state index in [4.69, 9.17) is 5.11 Å². The summed E-state index contributed by atoms with van der Waals surface area (Å²) in [6, 6.07) is 10.2. The highest BCUT2D eigenvalue weighted by Gasteiger charge is 2.08. The first-order valence-corrected chi connectivity index (χ1v) is 7.86. The molecule has 0 fully saturated rings. The van der Waals surface area contributed by atoms with Crippen LogP contribution in [-0.2, 0) is 10.5 Å². The first kappa shape index (κ1) is 16.1. The summed E-state index contributed by atoms with van der Waals surface area (Å²) in [6.45, 7) is 1.02. The Hall–Kier alpha value is -1.00. The summed E-state index contributed by atoms with van der Waals surface area (Å²) in [6.07, 6.45) is 2.77. The van der Waals surface area contributed by atoms with Gasteiger partial charge in [0.2, 0.25) is 5.91 Å². The predicted octanol–water partition coefficient (Wildman–Crippen LogP) is 2.54. The Balaban J connectivity index is 2.13. The molecule has 106 valence electrons. The standard InChI is InChI=1S/C15H23NO2S/c1-16(10-6-3-7-11-17)15(18)13-19-12-14-8-4-2-5-9-14/h2,4-5,8-9,17H,3,6-7,10-13H2,1H3. The first-order chi connectivity index (χ1) is 9.24. The predicted molar refractivity (Wildman–Crippen MR) is 81.2 cm³/mol. The molecule has 0 spiro atoms. The van der Waals surface area contributed by atoms with Crippen LogP contribution in [0, 0.1) is 0 Å². The lowest BCUT2D eigenvalue weighted by atomic mass is 10.2. The Morgan fingerprint density at radius 3 is 2.63 bits per heavy atom. The van der Waals surface area contributed by atoms with Crippen molar-refractivity contribution in [3.63, 3.8) is 0 Å². The number of rotatable bonds is 9. The smallest absolute Gasteiger partial charge is 0.232 e. The molecule has 0 aliphatic rings. The van der Waals surface area contributed by atoms with E-state index in [2.05, 4.69) is 12.1 Å². The molecule has 0 unspecified atom stereocenters. The van der Waals surface area contributed by atoms with E-state index in [-0.39, 0.29) is 12.5 Å². The van der Waals surface area contributed by atoms with Crippen LogP contribution in [0.3, 0.4) is 0 Å². The third-order valence-electron chi connectivity index (χ3n) is 2.91. The van der Waals surface area contributed by atoms with Crippen molar-refractivity contribution in [2.24, 2.45) is 0 Å². The van der Waals surface area contributed by atoms with Gasteiger partial charge in [0.05, 0.1) is 5.75 Å². The van der Waals surface area contributed by atoms with Crippen molar-refractivity contribution >= 4 is 17.7 Å². The molecule has 0 saturated heterocycles. The van der Waals surface area contributed by atoms with Gasteiger partial charge in [-0.15, -0.1) is 11.8 Å². The van der Waals surface area contributed by atoms with Crippen molar-refractivity contribution in [2.75, 3.05) is 26.0 Å². The van der Waals surface area contributed by atoms with Gasteiger partial charge >= 0.3 is 0 Å². The van der Waals surface area contributed by atoms with Crippen LogP contribution in [0.25, 0.3) is 0 Å². The minimum atomic E-state index is 0.185. The number of hydrogen-bond donors (Lipinski definition) is 1. The van der Waals surface area contributed by atoms with Crippen molar-refractivity contribution in [1.82, 2.24) is 4.90 Å². The van der Waals surface area contributed by atoms with E-state index < -0.39 is 0 Å². The maximum atomic E-state index is 11.9. The van der Waals surface area contributed by atoms with Crippen LogP contribution in [0.15, 0.2) is 30.3 Å². The van der Waals surface area contributed by atoms with Gasteiger partial charge < -0.3 is 10.0 Å². The van der Waals surface area contributed by atoms with Crippen molar-refractivity contribution in [2.45, 2.75) is 25.0 Å². The first-order valence-electron chi connectivity index (χ1n) is 6.70. The zero-order chi connectivity index (χ0) is 13.9. The van der Waals surface area contributed by atoms with Gasteiger partial charge in [-0.2, -0.15) is 0 Å². The summed E-state index contributed by atoms with van der Waals surface area (Å²) >= 11 is 1.66. The molecular weight excluding hydrogens is 258 g/mol. The number of carbonyl (C=O) groups is 1. The number of amides is 1. The largest absolute Gasteiger partial charge is 0.396 e.